The molecule has 2 heteroatoms. The van der Waals surface area contributed by atoms with Gasteiger partial charge in [-0.1, -0.05) is 6.92 Å². The highest BCUT2D eigenvalue weighted by atomic mass is 16.5. The van der Waals surface area contributed by atoms with Gasteiger partial charge in [-0.15, -0.1) is 0 Å². The molecule has 2 atom stereocenters. The fourth-order valence-electron chi connectivity index (χ4n) is 1.56. The first kappa shape index (κ1) is 9.01. The Labute approximate surface area is 69.3 Å². The maximum absolute atomic E-state index is 5.03. The van der Waals surface area contributed by atoms with Crippen molar-refractivity contribution in [2.75, 3.05) is 20.3 Å². The van der Waals surface area contributed by atoms with Crippen LogP contribution in [0.25, 0.3) is 0 Å². The van der Waals surface area contributed by atoms with Gasteiger partial charge in [0.1, 0.15) is 0 Å². The number of hydrogen-bond acceptors (Lipinski definition) is 2. The fourth-order valence-corrected chi connectivity index (χ4v) is 1.56. The van der Waals surface area contributed by atoms with Gasteiger partial charge in [-0.3, -0.25) is 0 Å². The summed E-state index contributed by atoms with van der Waals surface area (Å²) >= 11 is 0. The van der Waals surface area contributed by atoms with Crippen LogP contribution in [-0.2, 0) is 4.74 Å². The second-order valence-electron chi connectivity index (χ2n) is 3.57. The highest BCUT2D eigenvalue weighted by molar-refractivity contribution is 4.75. The van der Waals surface area contributed by atoms with Crippen LogP contribution in [0.3, 0.4) is 0 Å². The van der Waals surface area contributed by atoms with E-state index in [0.717, 1.165) is 12.5 Å². The highest BCUT2D eigenvalue weighted by Crippen LogP contribution is 2.14. The normalized spacial score (nSPS) is 32.2. The van der Waals surface area contributed by atoms with E-state index in [0.29, 0.717) is 6.04 Å². The van der Waals surface area contributed by atoms with Crippen LogP contribution in [0.4, 0.5) is 0 Å². The Bertz CT molecular complexity index is 95.0. The van der Waals surface area contributed by atoms with Gasteiger partial charge in [0.15, 0.2) is 0 Å². The zero-order valence-electron chi connectivity index (χ0n) is 7.60. The molecule has 1 N–H and O–H groups in total. The summed E-state index contributed by atoms with van der Waals surface area (Å²) in [5, 5.41) is 3.52. The molecule has 0 saturated carbocycles. The molecule has 11 heavy (non-hydrogen) atoms. The molecule has 0 aromatic heterocycles. The van der Waals surface area contributed by atoms with Crippen molar-refractivity contribution in [1.29, 1.82) is 0 Å². The van der Waals surface area contributed by atoms with Crippen LogP contribution < -0.4 is 5.32 Å². The van der Waals surface area contributed by atoms with Crippen LogP contribution in [0.1, 0.15) is 26.2 Å². The van der Waals surface area contributed by atoms with E-state index in [4.69, 9.17) is 4.74 Å². The van der Waals surface area contributed by atoms with Gasteiger partial charge in [0.05, 0.1) is 0 Å². The second kappa shape index (κ2) is 4.73. The summed E-state index contributed by atoms with van der Waals surface area (Å²) in [5.41, 5.74) is 0. The Kier molecular flexibility index (Phi) is 3.87. The molecular weight excluding hydrogens is 138 g/mol. The van der Waals surface area contributed by atoms with Crippen molar-refractivity contribution in [3.05, 3.63) is 0 Å². The zero-order valence-corrected chi connectivity index (χ0v) is 7.60. The van der Waals surface area contributed by atoms with Crippen LogP contribution in [-0.4, -0.2) is 26.3 Å². The van der Waals surface area contributed by atoms with Gasteiger partial charge in [-0.05, 0) is 31.7 Å². The summed E-state index contributed by atoms with van der Waals surface area (Å²) in [6.45, 7) is 4.39. The number of methoxy groups -OCH3 is 1. The third-order valence-corrected chi connectivity index (χ3v) is 2.43. The van der Waals surface area contributed by atoms with Crippen molar-refractivity contribution < 1.29 is 4.74 Å². The summed E-state index contributed by atoms with van der Waals surface area (Å²) in [4.78, 5) is 0. The van der Waals surface area contributed by atoms with E-state index in [1.807, 2.05) is 0 Å². The van der Waals surface area contributed by atoms with Crippen LogP contribution in [0.2, 0.25) is 0 Å². The molecule has 0 unspecified atom stereocenters. The minimum Gasteiger partial charge on any atom is -0.385 e. The molecule has 0 aromatic carbocycles. The average molecular weight is 157 g/mol. The Morgan fingerprint density at radius 1 is 1.45 bits per heavy atom. The van der Waals surface area contributed by atoms with Crippen LogP contribution >= 0.6 is 0 Å². The number of rotatable bonds is 3. The first-order chi connectivity index (χ1) is 5.33. The fraction of sp³-hybridized carbons (Fsp3) is 1.00. The molecule has 0 aliphatic carbocycles. The maximum atomic E-state index is 5.03. The molecule has 66 valence electrons. The van der Waals surface area contributed by atoms with E-state index in [-0.39, 0.29) is 0 Å². The van der Waals surface area contributed by atoms with Crippen molar-refractivity contribution in [1.82, 2.24) is 5.32 Å². The summed E-state index contributed by atoms with van der Waals surface area (Å²) in [6, 6.07) is 0.714. The number of ether oxygens (including phenoxy) is 1. The van der Waals surface area contributed by atoms with E-state index in [9.17, 15) is 0 Å². The van der Waals surface area contributed by atoms with Gasteiger partial charge < -0.3 is 10.1 Å². The largest absolute Gasteiger partial charge is 0.385 e. The molecule has 0 aromatic rings. The lowest BCUT2D eigenvalue weighted by molar-refractivity contribution is 0.172. The van der Waals surface area contributed by atoms with Crippen molar-refractivity contribution in [3.63, 3.8) is 0 Å². The Balaban J connectivity index is 2.07. The predicted octanol–water partition coefficient (Wildman–Crippen LogP) is 1.41. The molecule has 1 fully saturated rings. The molecular formula is C9H19NO. The lowest BCUT2D eigenvalue weighted by Gasteiger charge is -2.27. The van der Waals surface area contributed by atoms with Gasteiger partial charge >= 0.3 is 0 Å². The molecule has 1 aliphatic rings. The Morgan fingerprint density at radius 3 is 2.82 bits per heavy atom. The quantitative estimate of drug-likeness (QED) is 0.669. The first-order valence-electron chi connectivity index (χ1n) is 4.55. The van der Waals surface area contributed by atoms with Crippen molar-refractivity contribution in [2.45, 2.75) is 32.2 Å². The van der Waals surface area contributed by atoms with Crippen LogP contribution in [0.5, 0.6) is 0 Å². The molecule has 2 nitrogen and oxygen atoms in total. The summed E-state index contributed by atoms with van der Waals surface area (Å²) in [6.07, 6.45) is 3.87. The summed E-state index contributed by atoms with van der Waals surface area (Å²) in [5.74, 6) is 0.869. The molecule has 0 bridgehead atoms. The van der Waals surface area contributed by atoms with Gasteiger partial charge in [0, 0.05) is 19.8 Å². The average Bonchev–Trinajstić information content (AvgIpc) is 2.04. The molecule has 1 saturated heterocycles. The zero-order chi connectivity index (χ0) is 8.10. The second-order valence-corrected chi connectivity index (χ2v) is 3.57. The van der Waals surface area contributed by atoms with Crippen LogP contribution in [0.15, 0.2) is 0 Å². The van der Waals surface area contributed by atoms with E-state index in [1.165, 1.54) is 25.8 Å². The summed E-state index contributed by atoms with van der Waals surface area (Å²) in [7, 11) is 1.77. The monoisotopic (exact) mass is 157 g/mol. The molecule has 0 spiro atoms. The van der Waals surface area contributed by atoms with Crippen molar-refractivity contribution in [2.24, 2.45) is 5.92 Å². The molecule has 1 heterocycles. The lowest BCUT2D eigenvalue weighted by Crippen LogP contribution is -2.38. The molecule has 1 aliphatic heterocycles. The number of piperidine rings is 1. The third-order valence-electron chi connectivity index (χ3n) is 2.43. The minimum absolute atomic E-state index is 0.714. The van der Waals surface area contributed by atoms with E-state index in [1.54, 1.807) is 7.11 Å². The van der Waals surface area contributed by atoms with Gasteiger partial charge in [-0.25, -0.2) is 0 Å². The SMILES string of the molecule is COCC[C@H]1CC[C@@H](C)CN1. The lowest BCUT2D eigenvalue weighted by atomic mass is 9.95. The van der Waals surface area contributed by atoms with Crippen molar-refractivity contribution in [3.8, 4) is 0 Å². The van der Waals surface area contributed by atoms with Gasteiger partial charge in [-0.2, -0.15) is 0 Å². The number of hydrogen-bond donors (Lipinski definition) is 1. The Morgan fingerprint density at radius 2 is 2.27 bits per heavy atom. The third kappa shape index (κ3) is 3.21. The summed E-state index contributed by atoms with van der Waals surface area (Å²) < 4.78 is 5.03. The molecule has 0 amide bonds. The van der Waals surface area contributed by atoms with E-state index < -0.39 is 0 Å². The van der Waals surface area contributed by atoms with Crippen molar-refractivity contribution >= 4 is 0 Å². The Hall–Kier alpha value is -0.0800. The van der Waals surface area contributed by atoms with Gasteiger partial charge in [0.2, 0.25) is 0 Å². The van der Waals surface area contributed by atoms with E-state index >= 15 is 0 Å². The van der Waals surface area contributed by atoms with Crippen LogP contribution in [0, 0.1) is 5.92 Å². The standard InChI is InChI=1S/C9H19NO/c1-8-3-4-9(10-7-8)5-6-11-2/h8-10H,3-7H2,1-2H3/t8-,9-/m1/s1. The molecule has 1 rings (SSSR count). The maximum Gasteiger partial charge on any atom is 0.0477 e. The smallest absolute Gasteiger partial charge is 0.0477 e. The minimum atomic E-state index is 0.714. The highest BCUT2D eigenvalue weighted by Gasteiger charge is 2.16. The first-order valence-corrected chi connectivity index (χ1v) is 4.55. The topological polar surface area (TPSA) is 21.3 Å². The van der Waals surface area contributed by atoms with Gasteiger partial charge in [0.25, 0.3) is 0 Å². The number of nitrogens with one attached hydrogen (secondary N) is 1. The van der Waals surface area contributed by atoms with E-state index in [2.05, 4.69) is 12.2 Å². The predicted molar refractivity (Wildman–Crippen MR) is 46.7 cm³/mol. The molecule has 0 radical (unpaired) electrons.